The van der Waals surface area contributed by atoms with Crippen LogP contribution in [-0.4, -0.2) is 20.8 Å². The van der Waals surface area contributed by atoms with Gasteiger partial charge in [-0.25, -0.2) is 0 Å². The van der Waals surface area contributed by atoms with E-state index in [2.05, 4.69) is 52.1 Å². The first-order chi connectivity index (χ1) is 8.34. The molecule has 0 saturated carbocycles. The second-order valence-corrected chi connectivity index (χ2v) is 8.40. The summed E-state index contributed by atoms with van der Waals surface area (Å²) >= 11 is 0. The summed E-state index contributed by atoms with van der Waals surface area (Å²) < 4.78 is 6.04. The van der Waals surface area contributed by atoms with E-state index in [0.29, 0.717) is 0 Å². The fourth-order valence-corrected chi connectivity index (χ4v) is 2.59. The van der Waals surface area contributed by atoms with Crippen LogP contribution >= 0.6 is 0 Å². The molecule has 0 spiro atoms. The molecule has 0 unspecified atom stereocenters. The van der Waals surface area contributed by atoms with Gasteiger partial charge in [0, 0.05) is 6.61 Å². The highest BCUT2D eigenvalue weighted by Crippen LogP contribution is 2.29. The van der Waals surface area contributed by atoms with Crippen LogP contribution in [0.1, 0.15) is 38.3 Å². The fraction of sp³-hybridized carbons (Fsp3) is 0.600. The zero-order valence-corrected chi connectivity index (χ0v) is 13.4. The molecule has 1 aromatic carbocycles. The minimum atomic E-state index is -1.10. The van der Waals surface area contributed by atoms with E-state index in [1.165, 1.54) is 11.1 Å². The molecule has 0 aromatic heterocycles. The van der Waals surface area contributed by atoms with Gasteiger partial charge in [0.15, 0.2) is 0 Å². The molecule has 0 bridgehead atoms. The molecule has 0 fully saturated rings. The summed E-state index contributed by atoms with van der Waals surface area (Å²) in [5, 5.41) is 8.95. The molecule has 1 N–H and O–H groups in total. The third-order valence-electron chi connectivity index (χ3n) is 2.90. The summed E-state index contributed by atoms with van der Waals surface area (Å²) in [7, 11) is -1.10. The Bertz CT molecular complexity index is 381. The predicted molar refractivity (Wildman–Crippen MR) is 80.1 cm³/mol. The van der Waals surface area contributed by atoms with Crippen molar-refractivity contribution >= 4 is 9.04 Å². The molecule has 18 heavy (non-hydrogen) atoms. The molecule has 2 nitrogen and oxygen atoms in total. The molecule has 0 radical (unpaired) electrons. The quantitative estimate of drug-likeness (QED) is 0.829. The van der Waals surface area contributed by atoms with E-state index < -0.39 is 9.04 Å². The van der Waals surface area contributed by atoms with Crippen LogP contribution in [0.3, 0.4) is 0 Å². The maximum atomic E-state index is 8.95. The molecule has 0 heterocycles. The van der Waals surface area contributed by atoms with Gasteiger partial charge >= 0.3 is 0 Å². The highest BCUT2D eigenvalue weighted by atomic mass is 28.3. The lowest BCUT2D eigenvalue weighted by atomic mass is 9.86. The summed E-state index contributed by atoms with van der Waals surface area (Å²) in [5.74, 6) is 1.03. The van der Waals surface area contributed by atoms with Gasteiger partial charge in [-0.05, 0) is 48.5 Å². The first-order valence-electron chi connectivity index (χ1n) is 6.75. The van der Waals surface area contributed by atoms with Gasteiger partial charge in [0.2, 0.25) is 9.04 Å². The van der Waals surface area contributed by atoms with Crippen molar-refractivity contribution in [2.24, 2.45) is 0 Å². The van der Waals surface area contributed by atoms with E-state index in [0.717, 1.165) is 18.6 Å². The van der Waals surface area contributed by atoms with Crippen LogP contribution in [0.2, 0.25) is 13.1 Å². The lowest BCUT2D eigenvalue weighted by Crippen LogP contribution is -2.15. The van der Waals surface area contributed by atoms with E-state index in [-0.39, 0.29) is 12.0 Å². The van der Waals surface area contributed by atoms with Crippen molar-refractivity contribution in [3.63, 3.8) is 0 Å². The molecule has 0 aliphatic carbocycles. The van der Waals surface area contributed by atoms with Crippen molar-refractivity contribution in [1.82, 2.24) is 0 Å². The van der Waals surface area contributed by atoms with Gasteiger partial charge in [-0.3, -0.25) is 0 Å². The number of aryl methyl sites for hydroxylation is 1. The van der Waals surface area contributed by atoms with Gasteiger partial charge < -0.3 is 9.53 Å². The van der Waals surface area contributed by atoms with Gasteiger partial charge in [0.1, 0.15) is 5.75 Å². The number of rotatable bonds is 5. The Hall–Kier alpha value is -0.803. The number of benzene rings is 1. The molecule has 0 saturated heterocycles. The zero-order valence-electron chi connectivity index (χ0n) is 12.3. The number of aliphatic hydroxyl groups excluding tert-OH is 1. The van der Waals surface area contributed by atoms with Crippen molar-refractivity contribution in [2.45, 2.75) is 52.1 Å². The minimum absolute atomic E-state index is 0.145. The van der Waals surface area contributed by atoms with E-state index in [4.69, 9.17) is 9.53 Å². The van der Waals surface area contributed by atoms with Gasteiger partial charge in [0.05, 0.1) is 0 Å². The number of hydrogen-bond acceptors (Lipinski definition) is 2. The third kappa shape index (κ3) is 4.46. The number of aliphatic hydroxyl groups is 1. The van der Waals surface area contributed by atoms with Gasteiger partial charge in [-0.2, -0.15) is 0 Å². The monoisotopic (exact) mass is 266 g/mol. The minimum Gasteiger partial charge on any atom is -0.547 e. The Kier molecular flexibility index (Phi) is 5.41. The van der Waals surface area contributed by atoms with E-state index >= 15 is 0 Å². The topological polar surface area (TPSA) is 29.5 Å². The Labute approximate surface area is 113 Å². The summed E-state index contributed by atoms with van der Waals surface area (Å²) in [6, 6.07) is 6.52. The summed E-state index contributed by atoms with van der Waals surface area (Å²) in [6.07, 6.45) is 1.68. The molecule has 102 valence electrons. The van der Waals surface area contributed by atoms with Gasteiger partial charge in [0.25, 0.3) is 0 Å². The van der Waals surface area contributed by atoms with Gasteiger partial charge in [-0.15, -0.1) is 0 Å². The van der Waals surface area contributed by atoms with Crippen LogP contribution in [0.25, 0.3) is 0 Å². The average Bonchev–Trinajstić information content (AvgIpc) is 2.25. The van der Waals surface area contributed by atoms with Crippen molar-refractivity contribution < 1.29 is 9.53 Å². The second kappa shape index (κ2) is 6.39. The van der Waals surface area contributed by atoms with E-state index in [1.807, 2.05) is 0 Å². The zero-order chi connectivity index (χ0) is 13.8. The molecular weight excluding hydrogens is 240 g/mol. The standard InChI is InChI=1S/C15H26O2Si/c1-15(2,3)13-9-8-12(7-6-10-16)14(11-13)17-18(4)5/h8-9,11,16,18H,6-7,10H2,1-5H3. The molecule has 1 aromatic rings. The summed E-state index contributed by atoms with van der Waals surface area (Å²) in [6.45, 7) is 11.2. The van der Waals surface area contributed by atoms with Crippen molar-refractivity contribution in [2.75, 3.05) is 6.61 Å². The lowest BCUT2D eigenvalue weighted by molar-refractivity contribution is 0.288. The molecule has 1 rings (SSSR count). The fourth-order valence-electron chi connectivity index (χ4n) is 1.86. The predicted octanol–water partition coefficient (Wildman–Crippen LogP) is 3.27. The SMILES string of the molecule is C[SiH](C)Oc1cc(C(C)(C)C)ccc1CCCO. The summed E-state index contributed by atoms with van der Waals surface area (Å²) in [5.41, 5.74) is 2.67. The molecule has 0 atom stereocenters. The van der Waals surface area contributed by atoms with Crippen molar-refractivity contribution in [3.8, 4) is 5.75 Å². The highest BCUT2D eigenvalue weighted by Gasteiger charge is 2.16. The van der Waals surface area contributed by atoms with Crippen molar-refractivity contribution in [1.29, 1.82) is 0 Å². The largest absolute Gasteiger partial charge is 0.547 e. The molecule has 0 aliphatic rings. The normalized spacial score (nSPS) is 11.9. The smallest absolute Gasteiger partial charge is 0.229 e. The average molecular weight is 266 g/mol. The van der Waals surface area contributed by atoms with E-state index in [9.17, 15) is 0 Å². The Morgan fingerprint density at radius 3 is 2.39 bits per heavy atom. The first kappa shape index (κ1) is 15.3. The molecule has 0 amide bonds. The van der Waals surface area contributed by atoms with E-state index in [1.54, 1.807) is 0 Å². The van der Waals surface area contributed by atoms with Crippen LogP contribution < -0.4 is 4.43 Å². The maximum Gasteiger partial charge on any atom is 0.229 e. The maximum absolute atomic E-state index is 8.95. The Balaban J connectivity index is 3.04. The second-order valence-electron chi connectivity index (χ2n) is 6.07. The number of hydrogen-bond donors (Lipinski definition) is 1. The lowest BCUT2D eigenvalue weighted by Gasteiger charge is -2.22. The Morgan fingerprint density at radius 2 is 1.89 bits per heavy atom. The Morgan fingerprint density at radius 1 is 1.22 bits per heavy atom. The van der Waals surface area contributed by atoms with Crippen molar-refractivity contribution in [3.05, 3.63) is 29.3 Å². The third-order valence-corrected chi connectivity index (χ3v) is 3.63. The summed E-state index contributed by atoms with van der Waals surface area (Å²) in [4.78, 5) is 0. The first-order valence-corrected chi connectivity index (χ1v) is 9.53. The molecule has 3 heteroatoms. The van der Waals surface area contributed by atoms with Crippen LogP contribution in [0.15, 0.2) is 18.2 Å². The van der Waals surface area contributed by atoms with Gasteiger partial charge in [-0.1, -0.05) is 32.9 Å². The van der Waals surface area contributed by atoms with Crippen LogP contribution in [0.5, 0.6) is 5.75 Å². The van der Waals surface area contributed by atoms with Crippen LogP contribution in [-0.2, 0) is 11.8 Å². The molecular formula is C15H26O2Si. The van der Waals surface area contributed by atoms with Crippen LogP contribution in [0.4, 0.5) is 0 Å². The molecule has 0 aliphatic heterocycles. The van der Waals surface area contributed by atoms with Crippen LogP contribution in [0, 0.1) is 0 Å². The highest BCUT2D eigenvalue weighted by molar-refractivity contribution is 6.49.